The van der Waals surface area contributed by atoms with Crippen molar-refractivity contribution in [2.24, 2.45) is 0 Å². The summed E-state index contributed by atoms with van der Waals surface area (Å²) in [5.74, 6) is -0.664. The van der Waals surface area contributed by atoms with E-state index in [-0.39, 0.29) is 34.8 Å². The Kier molecular flexibility index (Phi) is 5.54. The van der Waals surface area contributed by atoms with Gasteiger partial charge in [-0.2, -0.15) is 8.78 Å². The van der Waals surface area contributed by atoms with E-state index in [9.17, 15) is 18.4 Å². The molecule has 2 rings (SSSR count). The summed E-state index contributed by atoms with van der Waals surface area (Å²) >= 11 is 5.80. The zero-order chi connectivity index (χ0) is 16.1. The summed E-state index contributed by atoms with van der Waals surface area (Å²) in [7, 11) is 0. The van der Waals surface area contributed by atoms with Crippen molar-refractivity contribution in [3.05, 3.63) is 23.2 Å². The lowest BCUT2D eigenvalue weighted by atomic mass is 10.0. The van der Waals surface area contributed by atoms with Crippen LogP contribution in [0, 0.1) is 0 Å². The first-order valence-corrected chi connectivity index (χ1v) is 7.15. The number of nitrogens with one attached hydrogen (secondary N) is 2. The van der Waals surface area contributed by atoms with Crippen LogP contribution in [0.1, 0.15) is 25.7 Å². The van der Waals surface area contributed by atoms with Gasteiger partial charge >= 0.3 is 6.61 Å². The standard InChI is InChI=1S/C14H15ClF2N2O3/c15-8-4-5-11(22-14(16)17)10(6-8)19-13(21)7-9-2-1-3-12(20)18-9/h4-6,9,14H,1-3,7H2,(H,18,20)(H,19,21). The zero-order valence-corrected chi connectivity index (χ0v) is 12.3. The molecule has 2 N–H and O–H groups in total. The Bertz CT molecular complexity index is 569. The van der Waals surface area contributed by atoms with Gasteiger partial charge in [0.1, 0.15) is 5.75 Å². The van der Waals surface area contributed by atoms with Gasteiger partial charge in [0.05, 0.1) is 5.69 Å². The lowest BCUT2D eigenvalue weighted by Gasteiger charge is -2.22. The Hall–Kier alpha value is -1.89. The SMILES string of the molecule is O=C(CC1CCCC(=O)N1)Nc1cc(Cl)ccc1OC(F)F. The van der Waals surface area contributed by atoms with Crippen LogP contribution in [-0.2, 0) is 9.59 Å². The van der Waals surface area contributed by atoms with Crippen molar-refractivity contribution in [1.29, 1.82) is 0 Å². The van der Waals surface area contributed by atoms with Crippen LogP contribution >= 0.6 is 11.6 Å². The van der Waals surface area contributed by atoms with Crippen LogP contribution < -0.4 is 15.4 Å². The average Bonchev–Trinajstić information content (AvgIpc) is 2.41. The van der Waals surface area contributed by atoms with Gasteiger partial charge in [-0.1, -0.05) is 11.6 Å². The fourth-order valence-corrected chi connectivity index (χ4v) is 2.43. The maximum atomic E-state index is 12.3. The molecule has 1 fully saturated rings. The Morgan fingerprint density at radius 1 is 1.50 bits per heavy atom. The van der Waals surface area contributed by atoms with E-state index in [1.807, 2.05) is 0 Å². The second-order valence-corrected chi connectivity index (χ2v) is 5.36. The van der Waals surface area contributed by atoms with Crippen LogP contribution in [0.4, 0.5) is 14.5 Å². The van der Waals surface area contributed by atoms with Gasteiger partial charge in [-0.3, -0.25) is 9.59 Å². The van der Waals surface area contributed by atoms with Gasteiger partial charge in [-0.15, -0.1) is 0 Å². The lowest BCUT2D eigenvalue weighted by Crippen LogP contribution is -2.40. The molecule has 1 unspecified atom stereocenters. The highest BCUT2D eigenvalue weighted by atomic mass is 35.5. The highest BCUT2D eigenvalue weighted by Gasteiger charge is 2.21. The first kappa shape index (κ1) is 16.5. The quantitative estimate of drug-likeness (QED) is 0.871. The molecule has 1 aliphatic rings. The molecule has 1 aliphatic heterocycles. The molecule has 120 valence electrons. The van der Waals surface area contributed by atoms with Gasteiger partial charge in [0.25, 0.3) is 0 Å². The van der Waals surface area contributed by atoms with Crippen molar-refractivity contribution in [2.75, 3.05) is 5.32 Å². The molecule has 0 spiro atoms. The number of ether oxygens (including phenoxy) is 1. The predicted octanol–water partition coefficient (Wildman–Crippen LogP) is 2.94. The molecule has 0 bridgehead atoms. The molecule has 0 saturated carbocycles. The molecule has 1 saturated heterocycles. The van der Waals surface area contributed by atoms with Gasteiger partial charge in [0.2, 0.25) is 11.8 Å². The van der Waals surface area contributed by atoms with Crippen LogP contribution in [0.3, 0.4) is 0 Å². The second-order valence-electron chi connectivity index (χ2n) is 4.93. The fraction of sp³-hybridized carbons (Fsp3) is 0.429. The number of hydrogen-bond acceptors (Lipinski definition) is 3. The monoisotopic (exact) mass is 332 g/mol. The fourth-order valence-electron chi connectivity index (χ4n) is 2.26. The molecule has 22 heavy (non-hydrogen) atoms. The minimum Gasteiger partial charge on any atom is -0.433 e. The summed E-state index contributed by atoms with van der Waals surface area (Å²) in [5.41, 5.74) is 0.0694. The minimum atomic E-state index is -3.01. The van der Waals surface area contributed by atoms with Crippen molar-refractivity contribution in [3.8, 4) is 5.75 Å². The van der Waals surface area contributed by atoms with Gasteiger partial charge in [-0.05, 0) is 31.0 Å². The molecule has 0 aromatic heterocycles. The van der Waals surface area contributed by atoms with Crippen molar-refractivity contribution >= 4 is 29.1 Å². The Labute approximate surface area is 131 Å². The van der Waals surface area contributed by atoms with E-state index in [2.05, 4.69) is 15.4 Å². The summed E-state index contributed by atoms with van der Waals surface area (Å²) in [6.07, 6.45) is 1.95. The number of halogens is 3. The largest absolute Gasteiger partial charge is 0.433 e. The summed E-state index contributed by atoms with van der Waals surface area (Å²) in [4.78, 5) is 23.3. The number of carbonyl (C=O) groups excluding carboxylic acids is 2. The number of rotatable bonds is 5. The average molecular weight is 333 g/mol. The van der Waals surface area contributed by atoms with Crippen LogP contribution in [0.15, 0.2) is 18.2 Å². The molecule has 0 aliphatic carbocycles. The first-order valence-electron chi connectivity index (χ1n) is 6.77. The number of benzene rings is 1. The summed E-state index contributed by atoms with van der Waals surface area (Å²) in [6, 6.07) is 3.72. The molecule has 2 amide bonds. The molecule has 1 aromatic rings. The van der Waals surface area contributed by atoms with Gasteiger partial charge in [0.15, 0.2) is 0 Å². The molecular weight excluding hydrogens is 318 g/mol. The lowest BCUT2D eigenvalue weighted by molar-refractivity contribution is -0.124. The third-order valence-electron chi connectivity index (χ3n) is 3.19. The minimum absolute atomic E-state index is 0.0619. The number of carbonyl (C=O) groups is 2. The van der Waals surface area contributed by atoms with E-state index in [1.165, 1.54) is 18.2 Å². The molecule has 0 radical (unpaired) electrons. The maximum Gasteiger partial charge on any atom is 0.387 e. The number of anilines is 1. The summed E-state index contributed by atoms with van der Waals surface area (Å²) in [6.45, 7) is -3.01. The van der Waals surface area contributed by atoms with E-state index in [4.69, 9.17) is 11.6 Å². The normalized spacial score (nSPS) is 18.0. The molecular formula is C14H15ClF2N2O3. The van der Waals surface area contributed by atoms with Gasteiger partial charge in [-0.25, -0.2) is 0 Å². The first-order chi connectivity index (χ1) is 10.4. The van der Waals surface area contributed by atoms with Crippen LogP contribution in [0.5, 0.6) is 5.75 Å². The number of alkyl halides is 2. The molecule has 1 atom stereocenters. The zero-order valence-electron chi connectivity index (χ0n) is 11.6. The van der Waals surface area contributed by atoms with E-state index in [1.54, 1.807) is 0 Å². The highest BCUT2D eigenvalue weighted by molar-refractivity contribution is 6.31. The molecule has 1 heterocycles. The predicted molar refractivity (Wildman–Crippen MR) is 77.1 cm³/mol. The summed E-state index contributed by atoms with van der Waals surface area (Å²) in [5, 5.41) is 5.48. The molecule has 5 nitrogen and oxygen atoms in total. The van der Waals surface area contributed by atoms with Crippen molar-refractivity contribution < 1.29 is 23.1 Å². The third-order valence-corrected chi connectivity index (χ3v) is 3.42. The number of piperidine rings is 1. The van der Waals surface area contributed by atoms with Crippen LogP contribution in [0.2, 0.25) is 5.02 Å². The van der Waals surface area contributed by atoms with E-state index >= 15 is 0 Å². The smallest absolute Gasteiger partial charge is 0.387 e. The van der Waals surface area contributed by atoms with Crippen LogP contribution in [0.25, 0.3) is 0 Å². The van der Waals surface area contributed by atoms with Crippen molar-refractivity contribution in [2.45, 2.75) is 38.3 Å². The van der Waals surface area contributed by atoms with Crippen LogP contribution in [-0.4, -0.2) is 24.5 Å². The van der Waals surface area contributed by atoms with E-state index < -0.39 is 12.5 Å². The van der Waals surface area contributed by atoms with E-state index in [0.29, 0.717) is 12.8 Å². The molecule has 1 aromatic carbocycles. The number of hydrogen-bond donors (Lipinski definition) is 2. The highest BCUT2D eigenvalue weighted by Crippen LogP contribution is 2.29. The third kappa shape index (κ3) is 4.84. The van der Waals surface area contributed by atoms with Crippen molar-refractivity contribution in [1.82, 2.24) is 5.32 Å². The van der Waals surface area contributed by atoms with Gasteiger partial charge < -0.3 is 15.4 Å². The molecule has 8 heteroatoms. The van der Waals surface area contributed by atoms with Crippen molar-refractivity contribution in [3.63, 3.8) is 0 Å². The van der Waals surface area contributed by atoms with E-state index in [0.717, 1.165) is 6.42 Å². The second kappa shape index (κ2) is 7.40. The van der Waals surface area contributed by atoms with Gasteiger partial charge in [0, 0.05) is 23.9 Å². The Balaban J connectivity index is 2.01. The Morgan fingerprint density at radius 2 is 2.27 bits per heavy atom. The number of amides is 2. The summed E-state index contributed by atoms with van der Waals surface area (Å²) < 4.78 is 29.0. The Morgan fingerprint density at radius 3 is 2.95 bits per heavy atom. The maximum absolute atomic E-state index is 12.3. The topological polar surface area (TPSA) is 67.4 Å².